The van der Waals surface area contributed by atoms with Gasteiger partial charge < -0.3 is 5.32 Å². The summed E-state index contributed by atoms with van der Waals surface area (Å²) in [5.74, 6) is 0.611. The number of carbonyl (C=O) groups is 1. The molecular weight excluding hydrogens is 272 g/mol. The largest absolute Gasteiger partial charge is 0.317 e. The molecule has 1 aromatic heterocycles. The Kier molecular flexibility index (Phi) is 5.22. The van der Waals surface area contributed by atoms with Crippen LogP contribution in [0.15, 0.2) is 12.3 Å². The highest BCUT2D eigenvalue weighted by Gasteiger charge is 2.15. The molecule has 0 bridgehead atoms. The Morgan fingerprint density at radius 3 is 3.06 bits per heavy atom. The number of aromatic nitrogens is 2. The van der Waals surface area contributed by atoms with Gasteiger partial charge >= 0.3 is 0 Å². The summed E-state index contributed by atoms with van der Waals surface area (Å²) in [7, 11) is 0. The predicted molar refractivity (Wildman–Crippen MR) is 74.0 cm³/mol. The molecule has 2 rings (SSSR count). The van der Waals surface area contributed by atoms with Crippen molar-refractivity contribution in [2.75, 3.05) is 24.2 Å². The van der Waals surface area contributed by atoms with Crippen molar-refractivity contribution >= 4 is 35.2 Å². The molecule has 0 atom stereocenters. The van der Waals surface area contributed by atoms with E-state index in [1.165, 1.54) is 6.20 Å². The first kappa shape index (κ1) is 13.6. The summed E-state index contributed by atoms with van der Waals surface area (Å²) in [6.07, 6.45) is 3.75. The summed E-state index contributed by atoms with van der Waals surface area (Å²) in [5, 5.41) is 6.83. The van der Waals surface area contributed by atoms with Crippen molar-refractivity contribution in [1.29, 1.82) is 0 Å². The smallest absolute Gasteiger partial charge is 0.236 e. The van der Waals surface area contributed by atoms with E-state index >= 15 is 0 Å². The average molecular weight is 287 g/mol. The maximum absolute atomic E-state index is 11.7. The highest BCUT2D eigenvalue weighted by molar-refractivity contribution is 8.00. The Bertz CT molecular complexity index is 412. The molecule has 0 unspecified atom stereocenters. The van der Waals surface area contributed by atoms with Crippen molar-refractivity contribution in [3.8, 4) is 0 Å². The summed E-state index contributed by atoms with van der Waals surface area (Å²) in [6, 6.07) is 1.57. The van der Waals surface area contributed by atoms with Crippen LogP contribution in [0.4, 0.5) is 5.95 Å². The molecule has 2 heterocycles. The molecule has 1 aliphatic rings. The Morgan fingerprint density at radius 1 is 1.56 bits per heavy atom. The number of piperidine rings is 1. The fourth-order valence-electron chi connectivity index (χ4n) is 1.71. The van der Waals surface area contributed by atoms with Gasteiger partial charge in [-0.3, -0.25) is 10.1 Å². The summed E-state index contributed by atoms with van der Waals surface area (Å²) in [4.78, 5) is 19.5. The molecule has 7 heteroatoms. The first-order valence-corrected chi connectivity index (χ1v) is 7.27. The lowest BCUT2D eigenvalue weighted by Gasteiger charge is -2.21. The number of hydrogen-bond acceptors (Lipinski definition) is 5. The van der Waals surface area contributed by atoms with Gasteiger partial charge in [0.15, 0.2) is 0 Å². The van der Waals surface area contributed by atoms with Crippen molar-refractivity contribution in [2.45, 2.75) is 18.1 Å². The number of nitrogens with one attached hydrogen (secondary N) is 2. The Balaban J connectivity index is 1.74. The van der Waals surface area contributed by atoms with Gasteiger partial charge in [0.2, 0.25) is 11.9 Å². The Hall–Kier alpha value is -0.850. The summed E-state index contributed by atoms with van der Waals surface area (Å²) >= 11 is 7.40. The van der Waals surface area contributed by atoms with Gasteiger partial charge in [-0.25, -0.2) is 9.97 Å². The quantitative estimate of drug-likeness (QED) is 0.822. The van der Waals surface area contributed by atoms with Crippen LogP contribution >= 0.6 is 23.4 Å². The molecule has 0 aromatic carbocycles. The number of anilines is 1. The molecule has 1 aliphatic heterocycles. The molecule has 1 aromatic rings. The SMILES string of the molecule is O=C(CSC1CCNCC1)Nc1nccc(Cl)n1. The van der Waals surface area contributed by atoms with Crippen LogP contribution in [-0.4, -0.2) is 40.0 Å². The molecule has 1 amide bonds. The van der Waals surface area contributed by atoms with Gasteiger partial charge in [-0.05, 0) is 32.0 Å². The van der Waals surface area contributed by atoms with Gasteiger partial charge in [0.1, 0.15) is 5.15 Å². The number of rotatable bonds is 4. The normalized spacial score (nSPS) is 16.5. The molecule has 0 radical (unpaired) electrons. The topological polar surface area (TPSA) is 66.9 Å². The van der Waals surface area contributed by atoms with E-state index in [-0.39, 0.29) is 11.9 Å². The Morgan fingerprint density at radius 2 is 2.33 bits per heavy atom. The summed E-state index contributed by atoms with van der Waals surface area (Å²) < 4.78 is 0. The third kappa shape index (κ3) is 4.44. The van der Waals surface area contributed by atoms with Crippen LogP contribution in [0, 0.1) is 0 Å². The zero-order valence-corrected chi connectivity index (χ0v) is 11.4. The summed E-state index contributed by atoms with van der Waals surface area (Å²) in [5.41, 5.74) is 0. The molecule has 98 valence electrons. The van der Waals surface area contributed by atoms with Crippen LogP contribution in [0.1, 0.15) is 12.8 Å². The van der Waals surface area contributed by atoms with Gasteiger partial charge in [0, 0.05) is 11.4 Å². The lowest BCUT2D eigenvalue weighted by molar-refractivity contribution is -0.113. The number of amides is 1. The molecule has 2 N–H and O–H groups in total. The Labute approximate surface area is 115 Å². The number of thioether (sulfide) groups is 1. The zero-order valence-electron chi connectivity index (χ0n) is 9.86. The third-order valence-electron chi connectivity index (χ3n) is 2.61. The van der Waals surface area contributed by atoms with Gasteiger partial charge in [0.05, 0.1) is 5.75 Å². The average Bonchev–Trinajstić information content (AvgIpc) is 2.38. The number of carbonyl (C=O) groups excluding carboxylic acids is 1. The zero-order chi connectivity index (χ0) is 12.8. The standard InChI is InChI=1S/C11H15ClN4OS/c12-9-3-6-14-11(15-9)16-10(17)7-18-8-1-4-13-5-2-8/h3,6,8,13H,1-2,4-5,7H2,(H,14,15,16,17). The highest BCUT2D eigenvalue weighted by Crippen LogP contribution is 2.20. The van der Waals surface area contributed by atoms with Crippen LogP contribution in [0.5, 0.6) is 0 Å². The van der Waals surface area contributed by atoms with Crippen molar-refractivity contribution < 1.29 is 4.79 Å². The number of hydrogen-bond donors (Lipinski definition) is 2. The second-order valence-electron chi connectivity index (χ2n) is 4.01. The van der Waals surface area contributed by atoms with E-state index in [4.69, 9.17) is 11.6 Å². The minimum Gasteiger partial charge on any atom is -0.317 e. The second kappa shape index (κ2) is 6.92. The van der Waals surface area contributed by atoms with Gasteiger partial charge in [-0.15, -0.1) is 11.8 Å². The molecule has 0 saturated carbocycles. The van der Waals surface area contributed by atoms with Crippen LogP contribution in [0.25, 0.3) is 0 Å². The fourth-order valence-corrected chi connectivity index (χ4v) is 2.88. The van der Waals surface area contributed by atoms with E-state index in [2.05, 4.69) is 20.6 Å². The van der Waals surface area contributed by atoms with Crippen LogP contribution in [0.3, 0.4) is 0 Å². The van der Waals surface area contributed by atoms with Crippen LogP contribution in [0.2, 0.25) is 5.15 Å². The van der Waals surface area contributed by atoms with E-state index in [0.29, 0.717) is 16.2 Å². The lowest BCUT2D eigenvalue weighted by atomic mass is 10.2. The van der Waals surface area contributed by atoms with Crippen LogP contribution < -0.4 is 10.6 Å². The fraction of sp³-hybridized carbons (Fsp3) is 0.545. The monoisotopic (exact) mass is 286 g/mol. The van der Waals surface area contributed by atoms with Crippen molar-refractivity contribution in [3.05, 3.63) is 17.4 Å². The van der Waals surface area contributed by atoms with Crippen molar-refractivity contribution in [3.63, 3.8) is 0 Å². The molecular formula is C11H15ClN4OS. The third-order valence-corrected chi connectivity index (χ3v) is 4.19. The van der Waals surface area contributed by atoms with E-state index in [1.54, 1.807) is 17.8 Å². The molecule has 5 nitrogen and oxygen atoms in total. The van der Waals surface area contributed by atoms with Crippen molar-refractivity contribution in [2.24, 2.45) is 0 Å². The molecule has 1 fully saturated rings. The van der Waals surface area contributed by atoms with Gasteiger partial charge in [-0.2, -0.15) is 0 Å². The first-order valence-electron chi connectivity index (χ1n) is 5.85. The van der Waals surface area contributed by atoms with E-state index in [0.717, 1.165) is 25.9 Å². The lowest BCUT2D eigenvalue weighted by Crippen LogP contribution is -2.30. The highest BCUT2D eigenvalue weighted by atomic mass is 35.5. The van der Waals surface area contributed by atoms with E-state index < -0.39 is 0 Å². The minimum absolute atomic E-state index is 0.0826. The van der Waals surface area contributed by atoms with Gasteiger partial charge in [0.25, 0.3) is 0 Å². The number of halogens is 1. The molecule has 0 spiro atoms. The predicted octanol–water partition coefficient (Wildman–Crippen LogP) is 1.55. The van der Waals surface area contributed by atoms with Crippen LogP contribution in [-0.2, 0) is 4.79 Å². The molecule has 1 saturated heterocycles. The maximum atomic E-state index is 11.7. The second-order valence-corrected chi connectivity index (χ2v) is 5.69. The molecule has 0 aliphatic carbocycles. The number of nitrogens with zero attached hydrogens (tertiary/aromatic N) is 2. The maximum Gasteiger partial charge on any atom is 0.236 e. The van der Waals surface area contributed by atoms with E-state index in [9.17, 15) is 4.79 Å². The van der Waals surface area contributed by atoms with E-state index in [1.807, 2.05) is 0 Å². The van der Waals surface area contributed by atoms with Crippen molar-refractivity contribution in [1.82, 2.24) is 15.3 Å². The first-order chi connectivity index (χ1) is 8.74. The van der Waals surface area contributed by atoms with Gasteiger partial charge in [-0.1, -0.05) is 11.6 Å². The summed E-state index contributed by atoms with van der Waals surface area (Å²) in [6.45, 7) is 2.08. The molecule has 18 heavy (non-hydrogen) atoms. The minimum atomic E-state index is -0.0826.